The molecule has 0 aromatic heterocycles. The van der Waals surface area contributed by atoms with Gasteiger partial charge in [-0.2, -0.15) is 0 Å². The molecule has 2 fully saturated rings. The van der Waals surface area contributed by atoms with Crippen molar-refractivity contribution in [2.24, 2.45) is 11.8 Å². The maximum Gasteiger partial charge on any atom is 0.314 e. The summed E-state index contributed by atoms with van der Waals surface area (Å²) in [6, 6.07) is 11.2. The SMILES string of the molecule is O=C(Oc1ccc2cc(OC(=O)C3CCCCC3)ccc2c1)C1CCCCC1. The molecule has 0 radical (unpaired) electrons. The minimum Gasteiger partial charge on any atom is -0.426 e. The minimum atomic E-state index is -0.114. The maximum absolute atomic E-state index is 12.3. The molecule has 148 valence electrons. The van der Waals surface area contributed by atoms with E-state index in [-0.39, 0.29) is 23.8 Å². The molecule has 0 unspecified atom stereocenters. The van der Waals surface area contributed by atoms with Gasteiger partial charge in [-0.3, -0.25) is 9.59 Å². The van der Waals surface area contributed by atoms with Crippen molar-refractivity contribution in [1.82, 2.24) is 0 Å². The first-order valence-corrected chi connectivity index (χ1v) is 10.7. The molecule has 0 aliphatic heterocycles. The topological polar surface area (TPSA) is 52.6 Å². The highest BCUT2D eigenvalue weighted by atomic mass is 16.5. The second kappa shape index (κ2) is 8.76. The smallest absolute Gasteiger partial charge is 0.314 e. The quantitative estimate of drug-likeness (QED) is 0.496. The van der Waals surface area contributed by atoms with Crippen LogP contribution < -0.4 is 9.47 Å². The summed E-state index contributed by atoms with van der Waals surface area (Å²) in [6.07, 6.45) is 10.6. The van der Waals surface area contributed by atoms with Gasteiger partial charge in [0.15, 0.2) is 0 Å². The lowest BCUT2D eigenvalue weighted by Gasteiger charge is -2.20. The van der Waals surface area contributed by atoms with E-state index >= 15 is 0 Å². The predicted molar refractivity (Wildman–Crippen MR) is 108 cm³/mol. The fourth-order valence-electron chi connectivity index (χ4n) is 4.40. The Bertz CT molecular complexity index is 774. The molecule has 4 nitrogen and oxygen atoms in total. The van der Waals surface area contributed by atoms with Gasteiger partial charge in [-0.15, -0.1) is 0 Å². The highest BCUT2D eigenvalue weighted by Crippen LogP contribution is 2.30. The average Bonchev–Trinajstić information content (AvgIpc) is 2.75. The molecule has 0 spiro atoms. The summed E-state index contributed by atoms with van der Waals surface area (Å²) in [5, 5.41) is 1.93. The lowest BCUT2D eigenvalue weighted by atomic mass is 9.89. The van der Waals surface area contributed by atoms with Crippen LogP contribution >= 0.6 is 0 Å². The Balaban J connectivity index is 1.42. The van der Waals surface area contributed by atoms with E-state index in [0.29, 0.717) is 11.5 Å². The monoisotopic (exact) mass is 380 g/mol. The van der Waals surface area contributed by atoms with Crippen LogP contribution in [-0.2, 0) is 9.59 Å². The highest BCUT2D eigenvalue weighted by molar-refractivity contribution is 5.87. The predicted octanol–water partition coefficient (Wildman–Crippen LogP) is 5.81. The summed E-state index contributed by atoms with van der Waals surface area (Å²) < 4.78 is 11.2. The van der Waals surface area contributed by atoms with Crippen molar-refractivity contribution >= 4 is 22.7 Å². The normalized spacial score (nSPS) is 18.7. The van der Waals surface area contributed by atoms with Crippen LogP contribution in [0.2, 0.25) is 0 Å². The van der Waals surface area contributed by atoms with Gasteiger partial charge in [0.1, 0.15) is 11.5 Å². The molecule has 2 aromatic carbocycles. The zero-order chi connectivity index (χ0) is 19.3. The van der Waals surface area contributed by atoms with Crippen molar-refractivity contribution in [2.45, 2.75) is 64.2 Å². The molecule has 4 rings (SSSR count). The van der Waals surface area contributed by atoms with Gasteiger partial charge in [0.05, 0.1) is 11.8 Å². The molecule has 28 heavy (non-hydrogen) atoms. The molecular weight excluding hydrogens is 352 g/mol. The van der Waals surface area contributed by atoms with E-state index in [1.54, 1.807) is 0 Å². The van der Waals surface area contributed by atoms with Crippen molar-refractivity contribution in [3.05, 3.63) is 36.4 Å². The second-order valence-electron chi connectivity index (χ2n) is 8.18. The van der Waals surface area contributed by atoms with Crippen molar-refractivity contribution in [3.8, 4) is 11.5 Å². The first-order chi connectivity index (χ1) is 13.7. The Kier molecular flexibility index (Phi) is 5.94. The van der Waals surface area contributed by atoms with Gasteiger partial charge in [-0.25, -0.2) is 0 Å². The van der Waals surface area contributed by atoms with Crippen LogP contribution in [0.4, 0.5) is 0 Å². The summed E-state index contributed by atoms with van der Waals surface area (Å²) in [6.45, 7) is 0. The van der Waals surface area contributed by atoms with Crippen molar-refractivity contribution in [1.29, 1.82) is 0 Å². The molecule has 4 heteroatoms. The Morgan fingerprint density at radius 2 is 1.00 bits per heavy atom. The van der Waals surface area contributed by atoms with Gasteiger partial charge in [0.25, 0.3) is 0 Å². The molecule has 0 N–H and O–H groups in total. The number of benzene rings is 2. The number of ether oxygens (including phenoxy) is 2. The fraction of sp³-hybridized carbons (Fsp3) is 0.500. The number of carbonyl (C=O) groups is 2. The standard InChI is InChI=1S/C24H28O4/c25-23(17-7-3-1-4-8-17)27-21-13-11-20-16-22(14-12-19(20)15-21)28-24(26)18-9-5-2-6-10-18/h11-18H,1-10H2. The fourth-order valence-corrected chi connectivity index (χ4v) is 4.40. The molecule has 0 saturated heterocycles. The van der Waals surface area contributed by atoms with Gasteiger partial charge in [-0.1, -0.05) is 50.7 Å². The minimum absolute atomic E-state index is 0.0334. The summed E-state index contributed by atoms with van der Waals surface area (Å²) in [5.74, 6) is 0.997. The Labute approximate surface area is 166 Å². The molecule has 2 aliphatic rings. The van der Waals surface area contributed by atoms with E-state index in [0.717, 1.165) is 62.1 Å². The zero-order valence-electron chi connectivity index (χ0n) is 16.3. The summed E-state index contributed by atoms with van der Waals surface area (Å²) >= 11 is 0. The number of fused-ring (bicyclic) bond motifs is 1. The number of esters is 2. The van der Waals surface area contributed by atoms with E-state index in [1.807, 2.05) is 36.4 Å². The molecule has 2 saturated carbocycles. The average molecular weight is 380 g/mol. The number of carbonyl (C=O) groups excluding carboxylic acids is 2. The van der Waals surface area contributed by atoms with Crippen LogP contribution in [0, 0.1) is 11.8 Å². The van der Waals surface area contributed by atoms with Crippen LogP contribution in [0.5, 0.6) is 11.5 Å². The molecule has 0 heterocycles. The van der Waals surface area contributed by atoms with Crippen LogP contribution in [0.1, 0.15) is 64.2 Å². The van der Waals surface area contributed by atoms with Crippen LogP contribution in [0.25, 0.3) is 10.8 Å². The van der Waals surface area contributed by atoms with Crippen molar-refractivity contribution in [3.63, 3.8) is 0 Å². The second-order valence-corrected chi connectivity index (χ2v) is 8.18. The molecule has 0 atom stereocenters. The zero-order valence-corrected chi connectivity index (χ0v) is 16.3. The van der Waals surface area contributed by atoms with Gasteiger partial charge < -0.3 is 9.47 Å². The third-order valence-electron chi connectivity index (χ3n) is 6.10. The van der Waals surface area contributed by atoms with Gasteiger partial charge >= 0.3 is 11.9 Å². The maximum atomic E-state index is 12.3. The lowest BCUT2D eigenvalue weighted by molar-refractivity contribution is -0.140. The van der Waals surface area contributed by atoms with Crippen LogP contribution in [0.15, 0.2) is 36.4 Å². The van der Waals surface area contributed by atoms with Crippen LogP contribution in [0.3, 0.4) is 0 Å². The van der Waals surface area contributed by atoms with Gasteiger partial charge in [0, 0.05) is 0 Å². The molecule has 2 aromatic rings. The van der Waals surface area contributed by atoms with Gasteiger partial charge in [0.2, 0.25) is 0 Å². The first-order valence-electron chi connectivity index (χ1n) is 10.7. The lowest BCUT2D eigenvalue weighted by Crippen LogP contribution is -2.22. The summed E-state index contributed by atoms with van der Waals surface area (Å²) in [7, 11) is 0. The molecule has 0 bridgehead atoms. The molecular formula is C24H28O4. The summed E-state index contributed by atoms with van der Waals surface area (Å²) in [4.78, 5) is 24.7. The largest absolute Gasteiger partial charge is 0.426 e. The van der Waals surface area contributed by atoms with Crippen molar-refractivity contribution in [2.75, 3.05) is 0 Å². The van der Waals surface area contributed by atoms with Crippen molar-refractivity contribution < 1.29 is 19.1 Å². The first kappa shape index (κ1) is 19.0. The van der Waals surface area contributed by atoms with E-state index in [2.05, 4.69) is 0 Å². The number of rotatable bonds is 4. The Hall–Kier alpha value is -2.36. The Morgan fingerprint density at radius 3 is 1.39 bits per heavy atom. The van der Waals surface area contributed by atoms with E-state index in [9.17, 15) is 9.59 Å². The Morgan fingerprint density at radius 1 is 0.607 bits per heavy atom. The highest BCUT2D eigenvalue weighted by Gasteiger charge is 2.24. The third kappa shape index (κ3) is 4.54. The van der Waals surface area contributed by atoms with Crippen LogP contribution in [-0.4, -0.2) is 11.9 Å². The summed E-state index contributed by atoms with van der Waals surface area (Å²) in [5.41, 5.74) is 0. The number of hydrogen-bond acceptors (Lipinski definition) is 4. The molecule has 0 amide bonds. The number of hydrogen-bond donors (Lipinski definition) is 0. The van der Waals surface area contributed by atoms with E-state index in [1.165, 1.54) is 12.8 Å². The van der Waals surface area contributed by atoms with Gasteiger partial charge in [-0.05, 0) is 60.7 Å². The molecule has 2 aliphatic carbocycles. The van der Waals surface area contributed by atoms with E-state index in [4.69, 9.17) is 9.47 Å². The third-order valence-corrected chi connectivity index (χ3v) is 6.10. The van der Waals surface area contributed by atoms with E-state index < -0.39 is 0 Å².